The van der Waals surface area contributed by atoms with Crippen molar-refractivity contribution in [1.29, 1.82) is 0 Å². The molecule has 2 aliphatic rings. The van der Waals surface area contributed by atoms with E-state index < -0.39 is 0 Å². The van der Waals surface area contributed by atoms with Gasteiger partial charge in [0.1, 0.15) is 11.9 Å². The molecule has 0 fully saturated rings. The third kappa shape index (κ3) is 5.70. The third-order valence-electron chi connectivity index (χ3n) is 12.3. The van der Waals surface area contributed by atoms with E-state index in [1.165, 1.54) is 11.0 Å². The second-order valence-electron chi connectivity index (χ2n) is 15.9. The summed E-state index contributed by atoms with van der Waals surface area (Å²) in [5, 5.41) is 4.47. The molecular formula is C54H34N8O. The highest BCUT2D eigenvalue weighted by molar-refractivity contribution is 6.12. The van der Waals surface area contributed by atoms with Gasteiger partial charge in [0.25, 0.3) is 0 Å². The molecule has 11 aromatic rings. The summed E-state index contributed by atoms with van der Waals surface area (Å²) in [5.41, 5.74) is 12.3. The Morgan fingerprint density at radius 2 is 1.11 bits per heavy atom. The van der Waals surface area contributed by atoms with Gasteiger partial charge in [0.05, 0.1) is 27.8 Å². The van der Waals surface area contributed by atoms with Crippen molar-refractivity contribution in [3.05, 3.63) is 194 Å². The molecule has 0 N–H and O–H groups in total. The fourth-order valence-corrected chi connectivity index (χ4v) is 9.33. The van der Waals surface area contributed by atoms with E-state index in [1.807, 2.05) is 85.2 Å². The first kappa shape index (κ1) is 35.2. The molecule has 1 unspecified atom stereocenters. The Morgan fingerprint density at radius 1 is 0.492 bits per heavy atom. The number of allylic oxidation sites excluding steroid dienone is 2. The first-order valence-corrected chi connectivity index (χ1v) is 21.0. The molecular weight excluding hydrogens is 777 g/mol. The lowest BCUT2D eigenvalue weighted by Gasteiger charge is -2.19. The molecule has 0 radical (unpaired) electrons. The Balaban J connectivity index is 0.906. The molecule has 5 aromatic heterocycles. The van der Waals surface area contributed by atoms with Gasteiger partial charge in [-0.25, -0.2) is 15.0 Å². The summed E-state index contributed by atoms with van der Waals surface area (Å²) in [6.07, 6.45) is 10.9. The van der Waals surface area contributed by atoms with Crippen LogP contribution in [0.15, 0.2) is 188 Å². The number of hydrogen-bond donors (Lipinski definition) is 0. The number of hydrogen-bond acceptors (Lipinski definition) is 7. The summed E-state index contributed by atoms with van der Waals surface area (Å²) in [6.45, 7) is 0. The lowest BCUT2D eigenvalue weighted by atomic mass is 9.96. The number of pyridine rings is 1. The number of nitrogens with zero attached hydrogens (tertiary/aromatic N) is 8. The minimum atomic E-state index is 0.00987. The zero-order chi connectivity index (χ0) is 41.4. The van der Waals surface area contributed by atoms with Crippen LogP contribution in [0.4, 0.5) is 0 Å². The third-order valence-corrected chi connectivity index (χ3v) is 12.3. The fourth-order valence-electron chi connectivity index (χ4n) is 9.33. The maximum atomic E-state index is 6.27. The molecule has 6 heterocycles. The summed E-state index contributed by atoms with van der Waals surface area (Å²) in [4.78, 5) is 29.5. The number of aromatic nitrogens is 8. The SMILES string of the molecule is C1=C2c3cnccc3OC2CC=C1n1c2ccccc2c2cc(-c3ccnc(-c4ccc5c(c4)c4ccccc4n5-c4nc(-c5ccccc5)nc(-c5ccccc5)n4)n3)ccc21. The average molecular weight is 811 g/mol. The molecule has 0 amide bonds. The van der Waals surface area contributed by atoms with E-state index >= 15 is 0 Å². The highest BCUT2D eigenvalue weighted by atomic mass is 16.5. The van der Waals surface area contributed by atoms with Crippen LogP contribution in [-0.2, 0) is 0 Å². The lowest BCUT2D eigenvalue weighted by Crippen LogP contribution is -2.14. The molecule has 9 heteroatoms. The summed E-state index contributed by atoms with van der Waals surface area (Å²) in [7, 11) is 0. The molecule has 63 heavy (non-hydrogen) atoms. The zero-order valence-electron chi connectivity index (χ0n) is 33.7. The van der Waals surface area contributed by atoms with Gasteiger partial charge < -0.3 is 9.30 Å². The molecule has 1 atom stereocenters. The maximum Gasteiger partial charge on any atom is 0.238 e. The van der Waals surface area contributed by atoms with Crippen molar-refractivity contribution < 1.29 is 4.74 Å². The van der Waals surface area contributed by atoms with Crippen LogP contribution in [0.3, 0.4) is 0 Å². The van der Waals surface area contributed by atoms with E-state index in [-0.39, 0.29) is 6.10 Å². The van der Waals surface area contributed by atoms with Gasteiger partial charge in [0.15, 0.2) is 17.5 Å². The van der Waals surface area contributed by atoms with Crippen LogP contribution >= 0.6 is 0 Å². The van der Waals surface area contributed by atoms with Gasteiger partial charge >= 0.3 is 0 Å². The van der Waals surface area contributed by atoms with Gasteiger partial charge in [0.2, 0.25) is 5.95 Å². The molecule has 9 nitrogen and oxygen atoms in total. The van der Waals surface area contributed by atoms with Gasteiger partial charge in [-0.05, 0) is 60.7 Å². The molecule has 6 aromatic carbocycles. The van der Waals surface area contributed by atoms with Gasteiger partial charge in [-0.2, -0.15) is 9.97 Å². The van der Waals surface area contributed by atoms with E-state index in [2.05, 4.69) is 111 Å². The van der Waals surface area contributed by atoms with Crippen molar-refractivity contribution >= 4 is 54.9 Å². The van der Waals surface area contributed by atoms with Gasteiger partial charge in [-0.3, -0.25) is 9.55 Å². The van der Waals surface area contributed by atoms with Crippen LogP contribution in [0, 0.1) is 0 Å². The Bertz CT molecular complexity index is 3640. The van der Waals surface area contributed by atoms with Crippen LogP contribution in [0.1, 0.15) is 12.0 Å². The average Bonchev–Trinajstić information content (AvgIpc) is 4.01. The zero-order valence-corrected chi connectivity index (χ0v) is 33.7. The number of para-hydroxylation sites is 2. The van der Waals surface area contributed by atoms with Crippen molar-refractivity contribution in [1.82, 2.24) is 39.0 Å². The van der Waals surface area contributed by atoms with Gasteiger partial charge in [0, 0.05) is 85.6 Å². The predicted molar refractivity (Wildman–Crippen MR) is 250 cm³/mol. The minimum absolute atomic E-state index is 0.00987. The van der Waals surface area contributed by atoms with Crippen molar-refractivity contribution in [2.45, 2.75) is 12.5 Å². The molecule has 0 bridgehead atoms. The van der Waals surface area contributed by atoms with Crippen LogP contribution in [0.2, 0.25) is 0 Å². The number of fused-ring (bicyclic) bond motifs is 9. The lowest BCUT2D eigenvalue weighted by molar-refractivity contribution is 0.279. The van der Waals surface area contributed by atoms with Crippen LogP contribution in [0.5, 0.6) is 5.75 Å². The molecule has 0 saturated carbocycles. The molecule has 1 aliphatic carbocycles. The maximum absolute atomic E-state index is 6.27. The van der Waals surface area contributed by atoms with E-state index in [0.29, 0.717) is 23.4 Å². The molecule has 0 spiro atoms. The number of benzene rings is 6. The summed E-state index contributed by atoms with van der Waals surface area (Å²) in [6, 6.07) is 54.1. The van der Waals surface area contributed by atoms with Crippen LogP contribution in [0.25, 0.3) is 106 Å². The second kappa shape index (κ2) is 14.0. The highest BCUT2D eigenvalue weighted by Crippen LogP contribution is 2.44. The standard InChI is InChI=1S/C54H34N8O/c1-3-11-33(12-4-1)52-58-53(34-13-5-2-6-14-34)60-54(59-52)62-46-18-10-8-16-39(46)41-30-36(20-23-48(41)62)51-56-28-25-44(57-51)35-19-22-47-40(29-35)38-15-7-9-17-45(38)61(47)37-21-24-49-42(31-37)43-32-55-27-26-50(43)63-49/h1-23,25-32,49H,24H2. The van der Waals surface area contributed by atoms with Gasteiger partial charge in [-0.15, -0.1) is 0 Å². The molecule has 13 rings (SSSR count). The predicted octanol–water partition coefficient (Wildman–Crippen LogP) is 12.0. The fraction of sp³-hybridized carbons (Fsp3) is 0.0370. The number of rotatable bonds is 6. The summed E-state index contributed by atoms with van der Waals surface area (Å²) < 4.78 is 10.8. The van der Waals surface area contributed by atoms with Crippen molar-refractivity contribution in [3.8, 4) is 57.1 Å². The van der Waals surface area contributed by atoms with Crippen molar-refractivity contribution in [2.24, 2.45) is 0 Å². The Kier molecular flexibility index (Phi) is 7.83. The summed E-state index contributed by atoms with van der Waals surface area (Å²) >= 11 is 0. The van der Waals surface area contributed by atoms with Crippen molar-refractivity contribution in [2.75, 3.05) is 0 Å². The molecule has 1 aliphatic heterocycles. The van der Waals surface area contributed by atoms with Gasteiger partial charge in [-0.1, -0.05) is 109 Å². The quantitative estimate of drug-likeness (QED) is 0.165. The minimum Gasteiger partial charge on any atom is -0.485 e. The normalized spacial score (nSPS) is 14.4. The Hall–Kier alpha value is -8.56. The largest absolute Gasteiger partial charge is 0.485 e. The topological polar surface area (TPSA) is 96.4 Å². The summed E-state index contributed by atoms with van der Waals surface area (Å²) in [5.74, 6) is 3.31. The van der Waals surface area contributed by atoms with E-state index in [9.17, 15) is 0 Å². The van der Waals surface area contributed by atoms with E-state index in [0.717, 1.165) is 89.6 Å². The van der Waals surface area contributed by atoms with E-state index in [1.54, 1.807) is 6.20 Å². The Morgan fingerprint density at radius 3 is 1.84 bits per heavy atom. The first-order valence-electron chi connectivity index (χ1n) is 21.0. The van der Waals surface area contributed by atoms with Crippen LogP contribution in [-0.4, -0.2) is 45.1 Å². The monoisotopic (exact) mass is 810 g/mol. The highest BCUT2D eigenvalue weighted by Gasteiger charge is 2.31. The molecule has 296 valence electrons. The second-order valence-corrected chi connectivity index (χ2v) is 15.9. The van der Waals surface area contributed by atoms with Crippen molar-refractivity contribution in [3.63, 3.8) is 0 Å². The molecule has 0 saturated heterocycles. The first-order chi connectivity index (χ1) is 31.2. The van der Waals surface area contributed by atoms with Crippen LogP contribution < -0.4 is 4.74 Å². The van der Waals surface area contributed by atoms with E-state index in [4.69, 9.17) is 29.7 Å². The number of ether oxygens (including phenoxy) is 1. The Labute approximate surface area is 361 Å². The smallest absolute Gasteiger partial charge is 0.238 e.